The molecule has 0 aliphatic carbocycles. The predicted molar refractivity (Wildman–Crippen MR) is 121 cm³/mol. The standard InChI is InChI=1S/C22H18N2O6S2/c25-19(23-15-6-4-14(5-7-15)21(27)28)2-1-9-24-20(26)18(32-22(24)31)11-13-3-8-16-17(10-13)30-12-29-16/h3-8,10-11H,1-2,9,12H2,(H,23,25)(H,27,28)/p-1/b18-11-. The summed E-state index contributed by atoms with van der Waals surface area (Å²) < 4.78 is 11.1. The Morgan fingerprint density at radius 3 is 2.66 bits per heavy atom. The lowest BCUT2D eigenvalue weighted by atomic mass is 10.2. The van der Waals surface area contributed by atoms with Crippen LogP contribution in [0.1, 0.15) is 28.8 Å². The molecule has 0 spiro atoms. The van der Waals surface area contributed by atoms with Gasteiger partial charge in [-0.05, 0) is 47.9 Å². The molecule has 2 amide bonds. The second-order valence-corrected chi connectivity index (χ2v) is 8.64. The van der Waals surface area contributed by atoms with Crippen molar-refractivity contribution >= 4 is 57.8 Å². The Hall–Kier alpha value is -3.37. The van der Waals surface area contributed by atoms with E-state index in [1.165, 1.54) is 40.9 Å². The molecule has 10 heteroatoms. The molecule has 32 heavy (non-hydrogen) atoms. The highest BCUT2D eigenvalue weighted by atomic mass is 32.2. The predicted octanol–water partition coefficient (Wildman–Crippen LogP) is 2.40. The Labute approximate surface area is 193 Å². The highest BCUT2D eigenvalue weighted by Gasteiger charge is 2.31. The van der Waals surface area contributed by atoms with Crippen molar-refractivity contribution in [2.75, 3.05) is 18.7 Å². The summed E-state index contributed by atoms with van der Waals surface area (Å²) in [7, 11) is 0. The topological polar surface area (TPSA) is 108 Å². The number of ether oxygens (including phenoxy) is 2. The van der Waals surface area contributed by atoms with Crippen LogP contribution in [0, 0.1) is 0 Å². The van der Waals surface area contributed by atoms with E-state index in [4.69, 9.17) is 21.7 Å². The highest BCUT2D eigenvalue weighted by Crippen LogP contribution is 2.36. The molecule has 0 atom stereocenters. The zero-order valence-corrected chi connectivity index (χ0v) is 18.3. The number of hydrogen-bond acceptors (Lipinski definition) is 8. The van der Waals surface area contributed by atoms with E-state index in [0.717, 1.165) is 5.56 Å². The minimum absolute atomic E-state index is 0.0335. The van der Waals surface area contributed by atoms with Crippen molar-refractivity contribution < 1.29 is 29.0 Å². The number of thiocarbonyl (C=S) groups is 1. The number of rotatable bonds is 7. The Kier molecular flexibility index (Phi) is 6.42. The summed E-state index contributed by atoms with van der Waals surface area (Å²) in [6.07, 6.45) is 2.36. The molecule has 0 aromatic heterocycles. The van der Waals surface area contributed by atoms with Crippen molar-refractivity contribution in [3.8, 4) is 11.5 Å². The van der Waals surface area contributed by atoms with Crippen LogP contribution in [-0.2, 0) is 9.59 Å². The molecular formula is C22H17N2O6S2-. The molecule has 0 radical (unpaired) electrons. The van der Waals surface area contributed by atoms with Crippen LogP contribution in [0.2, 0.25) is 0 Å². The van der Waals surface area contributed by atoms with Gasteiger partial charge in [0.2, 0.25) is 12.7 Å². The van der Waals surface area contributed by atoms with Crippen molar-refractivity contribution in [2.24, 2.45) is 0 Å². The Balaban J connectivity index is 1.30. The van der Waals surface area contributed by atoms with Crippen LogP contribution in [0.25, 0.3) is 6.08 Å². The number of nitrogens with one attached hydrogen (secondary N) is 1. The van der Waals surface area contributed by atoms with Crippen molar-refractivity contribution in [3.05, 3.63) is 58.5 Å². The average Bonchev–Trinajstić information content (AvgIpc) is 3.33. The van der Waals surface area contributed by atoms with E-state index in [1.54, 1.807) is 18.2 Å². The molecule has 2 aliphatic heterocycles. The SMILES string of the molecule is O=C(CCCN1C(=O)/C(=C/c2ccc3c(c2)OCO3)SC1=S)Nc1ccc(C(=O)[O-])cc1. The molecule has 2 aromatic carbocycles. The number of aromatic carboxylic acids is 1. The molecular weight excluding hydrogens is 452 g/mol. The van der Waals surface area contributed by atoms with Gasteiger partial charge in [0.25, 0.3) is 5.91 Å². The average molecular weight is 470 g/mol. The number of fused-ring (bicyclic) bond motifs is 1. The van der Waals surface area contributed by atoms with Crippen LogP contribution in [0.5, 0.6) is 11.5 Å². The third-order valence-electron chi connectivity index (χ3n) is 4.76. The van der Waals surface area contributed by atoms with Crippen molar-refractivity contribution in [2.45, 2.75) is 12.8 Å². The first-order valence-electron chi connectivity index (χ1n) is 9.67. The van der Waals surface area contributed by atoms with Gasteiger partial charge in [-0.2, -0.15) is 0 Å². The summed E-state index contributed by atoms with van der Waals surface area (Å²) in [5, 5.41) is 13.5. The maximum Gasteiger partial charge on any atom is 0.266 e. The minimum atomic E-state index is -1.28. The number of carbonyl (C=O) groups is 3. The number of carboxylic acid groups (broad SMARTS) is 1. The third kappa shape index (κ3) is 4.92. The molecule has 0 saturated carbocycles. The van der Waals surface area contributed by atoms with E-state index in [-0.39, 0.29) is 30.6 Å². The molecule has 1 saturated heterocycles. The molecule has 2 aromatic rings. The van der Waals surface area contributed by atoms with Gasteiger partial charge in [0.1, 0.15) is 4.32 Å². The van der Waals surface area contributed by atoms with E-state index in [1.807, 2.05) is 6.07 Å². The summed E-state index contributed by atoms with van der Waals surface area (Å²) >= 11 is 6.55. The van der Waals surface area contributed by atoms with E-state index in [9.17, 15) is 19.5 Å². The van der Waals surface area contributed by atoms with Crippen molar-refractivity contribution in [1.82, 2.24) is 4.90 Å². The van der Waals surface area contributed by atoms with Gasteiger partial charge in [-0.15, -0.1) is 0 Å². The minimum Gasteiger partial charge on any atom is -0.545 e. The smallest absolute Gasteiger partial charge is 0.266 e. The summed E-state index contributed by atoms with van der Waals surface area (Å²) in [5.74, 6) is -0.417. The quantitative estimate of drug-likeness (QED) is 0.487. The zero-order valence-electron chi connectivity index (χ0n) is 16.7. The lowest BCUT2D eigenvalue weighted by Crippen LogP contribution is -2.29. The molecule has 1 fully saturated rings. The van der Waals surface area contributed by atoms with Gasteiger partial charge < -0.3 is 24.7 Å². The van der Waals surface area contributed by atoms with E-state index in [2.05, 4.69) is 5.32 Å². The van der Waals surface area contributed by atoms with Crippen LogP contribution >= 0.6 is 24.0 Å². The Morgan fingerprint density at radius 2 is 1.91 bits per heavy atom. The molecule has 8 nitrogen and oxygen atoms in total. The number of hydrogen-bond donors (Lipinski definition) is 1. The van der Waals surface area contributed by atoms with Gasteiger partial charge in [0, 0.05) is 18.7 Å². The number of benzene rings is 2. The summed E-state index contributed by atoms with van der Waals surface area (Å²) in [6.45, 7) is 0.500. The maximum atomic E-state index is 12.7. The number of thioether (sulfide) groups is 1. The third-order valence-corrected chi connectivity index (χ3v) is 6.14. The number of nitrogens with zero attached hydrogens (tertiary/aromatic N) is 1. The summed E-state index contributed by atoms with van der Waals surface area (Å²) in [4.78, 5) is 37.7. The van der Waals surface area contributed by atoms with Gasteiger partial charge in [0.15, 0.2) is 11.5 Å². The second-order valence-electron chi connectivity index (χ2n) is 6.96. The van der Waals surface area contributed by atoms with E-state index < -0.39 is 5.97 Å². The molecule has 0 unspecified atom stereocenters. The van der Waals surface area contributed by atoms with E-state index >= 15 is 0 Å². The fraction of sp³-hybridized carbons (Fsp3) is 0.182. The van der Waals surface area contributed by atoms with Crippen LogP contribution in [0.3, 0.4) is 0 Å². The highest BCUT2D eigenvalue weighted by molar-refractivity contribution is 8.26. The fourth-order valence-electron chi connectivity index (χ4n) is 3.16. The number of carbonyl (C=O) groups excluding carboxylic acids is 3. The molecule has 1 N–H and O–H groups in total. The van der Waals surface area contributed by atoms with Gasteiger partial charge in [0.05, 0.1) is 10.9 Å². The molecule has 2 aliphatic rings. The monoisotopic (exact) mass is 469 g/mol. The van der Waals surface area contributed by atoms with Gasteiger partial charge in [-0.3, -0.25) is 14.5 Å². The van der Waals surface area contributed by atoms with Crippen LogP contribution in [0.15, 0.2) is 47.4 Å². The molecule has 2 heterocycles. The Bertz CT molecular complexity index is 1130. The number of amides is 2. The number of anilines is 1. The first kappa shape index (κ1) is 21.8. The first-order valence-corrected chi connectivity index (χ1v) is 10.9. The largest absolute Gasteiger partial charge is 0.545 e. The molecule has 0 bridgehead atoms. The molecule has 164 valence electrons. The van der Waals surface area contributed by atoms with Crippen LogP contribution < -0.4 is 19.9 Å². The van der Waals surface area contributed by atoms with Gasteiger partial charge in [-0.1, -0.05) is 42.2 Å². The maximum absolute atomic E-state index is 12.7. The lowest BCUT2D eigenvalue weighted by Gasteiger charge is -2.14. The van der Waals surface area contributed by atoms with Crippen molar-refractivity contribution in [3.63, 3.8) is 0 Å². The summed E-state index contributed by atoms with van der Waals surface area (Å²) in [6, 6.07) is 11.1. The Morgan fingerprint density at radius 1 is 1.16 bits per heavy atom. The summed E-state index contributed by atoms with van der Waals surface area (Å²) in [5.41, 5.74) is 1.32. The van der Waals surface area contributed by atoms with E-state index in [0.29, 0.717) is 39.4 Å². The van der Waals surface area contributed by atoms with Crippen LogP contribution in [-0.4, -0.2) is 40.3 Å². The van der Waals surface area contributed by atoms with Crippen molar-refractivity contribution in [1.29, 1.82) is 0 Å². The fourth-order valence-corrected chi connectivity index (χ4v) is 4.47. The second kappa shape index (κ2) is 9.41. The molecule has 4 rings (SSSR count). The zero-order chi connectivity index (χ0) is 22.7. The first-order chi connectivity index (χ1) is 15.4. The van der Waals surface area contributed by atoms with Crippen LogP contribution in [0.4, 0.5) is 5.69 Å². The number of carboxylic acids is 1. The normalized spacial score (nSPS) is 16.0. The lowest BCUT2D eigenvalue weighted by molar-refractivity contribution is -0.255. The van der Waals surface area contributed by atoms with Gasteiger partial charge in [-0.25, -0.2) is 0 Å². The van der Waals surface area contributed by atoms with Gasteiger partial charge >= 0.3 is 0 Å².